The van der Waals surface area contributed by atoms with Crippen LogP contribution in [0.4, 0.5) is 0 Å². The van der Waals surface area contributed by atoms with Gasteiger partial charge in [0.15, 0.2) is 0 Å². The van der Waals surface area contributed by atoms with Crippen molar-refractivity contribution in [3.8, 4) is 11.1 Å². The molecule has 4 aromatic heterocycles. The molecule has 0 aliphatic heterocycles. The summed E-state index contributed by atoms with van der Waals surface area (Å²) in [6.45, 7) is 4.32. The number of fused-ring (bicyclic) bond motifs is 4. The van der Waals surface area contributed by atoms with Crippen LogP contribution in [0, 0.1) is 0 Å². The zero-order valence-electron chi connectivity index (χ0n) is 33.4. The lowest BCUT2D eigenvalue weighted by atomic mass is 9.91. The zero-order valence-corrected chi connectivity index (χ0v) is 33.4. The van der Waals surface area contributed by atoms with Gasteiger partial charge in [-0.25, -0.2) is 0 Å². The largest absolute Gasteiger partial charge is 0.287 e. The molecule has 10 rings (SSSR count). The second kappa shape index (κ2) is 17.0. The van der Waals surface area contributed by atoms with Crippen molar-refractivity contribution in [1.82, 2.24) is 29.7 Å². The number of rotatable bonds is 13. The molecule has 60 heavy (non-hydrogen) atoms. The van der Waals surface area contributed by atoms with Crippen LogP contribution in [0.15, 0.2) is 195 Å². The van der Waals surface area contributed by atoms with Gasteiger partial charge in [0, 0.05) is 64.1 Å². The molecule has 0 saturated heterocycles. The summed E-state index contributed by atoms with van der Waals surface area (Å²) in [5.74, 6) is 0. The highest BCUT2D eigenvalue weighted by Gasteiger charge is 2.18. The third-order valence-electron chi connectivity index (χ3n) is 11.5. The molecule has 290 valence electrons. The van der Waals surface area contributed by atoms with E-state index in [2.05, 4.69) is 155 Å². The van der Waals surface area contributed by atoms with Gasteiger partial charge in [-0.2, -0.15) is 0 Å². The van der Waals surface area contributed by atoms with E-state index in [4.69, 9.17) is 19.9 Å². The fourth-order valence-corrected chi connectivity index (χ4v) is 8.67. The molecule has 4 heterocycles. The molecular weight excluding hydrogens is 733 g/mol. The fourth-order valence-electron chi connectivity index (χ4n) is 8.67. The van der Waals surface area contributed by atoms with Crippen molar-refractivity contribution in [2.75, 3.05) is 0 Å². The molecule has 0 N–H and O–H groups in total. The number of aromatic nitrogens is 4. The summed E-state index contributed by atoms with van der Waals surface area (Å²) in [6, 6.07) is 60.9. The van der Waals surface area contributed by atoms with Gasteiger partial charge in [0.25, 0.3) is 0 Å². The van der Waals surface area contributed by atoms with E-state index in [9.17, 15) is 0 Å². The third kappa shape index (κ3) is 8.12. The molecule has 0 aliphatic carbocycles. The first-order valence-electron chi connectivity index (χ1n) is 20.6. The van der Waals surface area contributed by atoms with E-state index in [0.717, 1.165) is 35.9 Å². The molecular formula is C54H44N6. The van der Waals surface area contributed by atoms with Crippen molar-refractivity contribution in [2.24, 2.45) is 0 Å². The minimum absolute atomic E-state index is 0.709. The van der Waals surface area contributed by atoms with E-state index in [1.807, 2.05) is 49.1 Å². The Morgan fingerprint density at radius 2 is 0.617 bits per heavy atom. The minimum Gasteiger partial charge on any atom is -0.287 e. The predicted octanol–water partition coefficient (Wildman–Crippen LogP) is 12.0. The van der Waals surface area contributed by atoms with Gasteiger partial charge in [-0.3, -0.25) is 29.7 Å². The highest BCUT2D eigenvalue weighted by Crippen LogP contribution is 2.37. The van der Waals surface area contributed by atoms with Crippen LogP contribution >= 0.6 is 0 Å². The molecule has 0 spiro atoms. The van der Waals surface area contributed by atoms with Crippen LogP contribution in [-0.4, -0.2) is 29.7 Å². The molecule has 0 radical (unpaired) electrons. The summed E-state index contributed by atoms with van der Waals surface area (Å²) in [5, 5.41) is 10.00. The first kappa shape index (κ1) is 37.2. The van der Waals surface area contributed by atoms with Crippen LogP contribution in [-0.2, 0) is 39.3 Å². The van der Waals surface area contributed by atoms with Crippen LogP contribution in [0.3, 0.4) is 0 Å². The van der Waals surface area contributed by atoms with E-state index in [1.54, 1.807) is 0 Å². The van der Waals surface area contributed by atoms with E-state index < -0.39 is 0 Å². The summed E-state index contributed by atoms with van der Waals surface area (Å²) in [5.41, 5.74) is 9.16. The van der Waals surface area contributed by atoms with Gasteiger partial charge in [0.1, 0.15) is 0 Å². The Morgan fingerprint density at radius 1 is 0.283 bits per heavy atom. The smallest absolute Gasteiger partial charge is 0.0544 e. The van der Waals surface area contributed by atoms with E-state index in [-0.39, 0.29) is 0 Å². The fraction of sp³-hybridized carbons (Fsp3) is 0.111. The lowest BCUT2D eigenvalue weighted by Crippen LogP contribution is -2.23. The first-order chi connectivity index (χ1) is 29.7. The number of nitrogens with zero attached hydrogens (tertiary/aromatic N) is 6. The summed E-state index contributed by atoms with van der Waals surface area (Å²) >= 11 is 0. The number of benzene rings is 6. The van der Waals surface area contributed by atoms with Crippen molar-refractivity contribution in [3.05, 3.63) is 229 Å². The quantitative estimate of drug-likeness (QED) is 0.109. The van der Waals surface area contributed by atoms with Gasteiger partial charge < -0.3 is 0 Å². The number of hydrogen-bond acceptors (Lipinski definition) is 6. The molecule has 6 heteroatoms. The maximum Gasteiger partial charge on any atom is 0.0544 e. The third-order valence-corrected chi connectivity index (χ3v) is 11.5. The van der Waals surface area contributed by atoms with Crippen molar-refractivity contribution < 1.29 is 0 Å². The molecule has 0 fully saturated rings. The highest BCUT2D eigenvalue weighted by molar-refractivity contribution is 6.06. The predicted molar refractivity (Wildman–Crippen MR) is 245 cm³/mol. The molecule has 0 bridgehead atoms. The zero-order chi connectivity index (χ0) is 40.1. The van der Waals surface area contributed by atoms with Gasteiger partial charge >= 0.3 is 0 Å². The van der Waals surface area contributed by atoms with Crippen molar-refractivity contribution in [3.63, 3.8) is 0 Å². The monoisotopic (exact) mass is 776 g/mol. The average molecular weight is 777 g/mol. The van der Waals surface area contributed by atoms with E-state index in [0.29, 0.717) is 26.2 Å². The van der Waals surface area contributed by atoms with Crippen LogP contribution in [0.25, 0.3) is 54.2 Å². The maximum atomic E-state index is 4.72. The highest BCUT2D eigenvalue weighted by atomic mass is 15.1. The Hall–Kier alpha value is -7.12. The van der Waals surface area contributed by atoms with Gasteiger partial charge in [-0.1, -0.05) is 97.1 Å². The first-order valence-corrected chi connectivity index (χ1v) is 20.6. The van der Waals surface area contributed by atoms with Crippen LogP contribution in [0.2, 0.25) is 0 Å². The summed E-state index contributed by atoms with van der Waals surface area (Å²) in [7, 11) is 0. The Bertz CT molecular complexity index is 2750. The maximum absolute atomic E-state index is 4.72. The lowest BCUT2D eigenvalue weighted by molar-refractivity contribution is 0.243. The van der Waals surface area contributed by atoms with Crippen molar-refractivity contribution >= 4 is 43.1 Å². The van der Waals surface area contributed by atoms with Crippen LogP contribution in [0.1, 0.15) is 33.9 Å². The lowest BCUT2D eigenvalue weighted by Gasteiger charge is -2.24. The van der Waals surface area contributed by atoms with Gasteiger partial charge in [-0.15, -0.1) is 0 Å². The molecule has 0 unspecified atom stereocenters. The van der Waals surface area contributed by atoms with Crippen LogP contribution in [0.5, 0.6) is 0 Å². The topological polar surface area (TPSA) is 58.0 Å². The standard InChI is InChI=1S/C54H44N6/c1-3-19-49-41(13-1)29-43-23-21-39(31-51(43)53(49)37-59(33-45-15-5-9-25-55-45)34-46-16-6-10-26-56-46)40-22-24-44-30-42-14-2-4-20-50(42)54(52(44)32-40)38-60(35-47-17-7-11-27-57-47)36-48-18-8-12-28-58-48/h1-32H,33-38H2. The Labute approximate surface area is 350 Å². The Kier molecular flexibility index (Phi) is 10.5. The Morgan fingerprint density at radius 3 is 0.967 bits per heavy atom. The SMILES string of the molecule is c1ccc(CN(Cc2ccccn2)Cc2c3ccccc3cc3ccc(-c4ccc5cc6ccccc6c(CN(Cc6ccccn6)Cc6ccccn6)c5c4)cc23)nc1. The average Bonchev–Trinajstić information content (AvgIpc) is 3.30. The van der Waals surface area contributed by atoms with Gasteiger partial charge in [-0.05, 0) is 138 Å². The summed E-state index contributed by atoms with van der Waals surface area (Å²) in [6.07, 6.45) is 7.52. The van der Waals surface area contributed by atoms with E-state index >= 15 is 0 Å². The Balaban J connectivity index is 1.08. The minimum atomic E-state index is 0.709. The normalized spacial score (nSPS) is 11.7. The second-order valence-corrected chi connectivity index (χ2v) is 15.6. The molecule has 0 aliphatic rings. The number of pyridine rings is 4. The summed E-state index contributed by atoms with van der Waals surface area (Å²) < 4.78 is 0. The molecule has 0 saturated carbocycles. The van der Waals surface area contributed by atoms with Crippen molar-refractivity contribution in [2.45, 2.75) is 39.3 Å². The van der Waals surface area contributed by atoms with Gasteiger partial charge in [0.05, 0.1) is 22.8 Å². The molecule has 0 atom stereocenters. The van der Waals surface area contributed by atoms with Gasteiger partial charge in [0.2, 0.25) is 0 Å². The molecule has 10 aromatic rings. The number of hydrogen-bond donors (Lipinski definition) is 0. The van der Waals surface area contributed by atoms with Crippen molar-refractivity contribution in [1.29, 1.82) is 0 Å². The summed E-state index contributed by atoms with van der Waals surface area (Å²) in [4.78, 5) is 23.8. The van der Waals surface area contributed by atoms with Crippen LogP contribution < -0.4 is 0 Å². The second-order valence-electron chi connectivity index (χ2n) is 15.6. The molecule has 6 aromatic carbocycles. The van der Waals surface area contributed by atoms with E-state index in [1.165, 1.54) is 65.3 Å². The molecule has 0 amide bonds. The molecule has 6 nitrogen and oxygen atoms in total.